The van der Waals surface area contributed by atoms with Crippen LogP contribution in [0.5, 0.6) is 0 Å². The average molecular weight is 214 g/mol. The summed E-state index contributed by atoms with van der Waals surface area (Å²) < 4.78 is -1.16. The Morgan fingerprint density at radius 2 is 1.82 bits per heavy atom. The third kappa shape index (κ3) is 3.23. The Morgan fingerprint density at radius 3 is 2.45 bits per heavy atom. The third-order valence-electron chi connectivity index (χ3n) is 1.91. The van der Waals surface area contributed by atoms with Crippen LogP contribution in [0.2, 0.25) is 0 Å². The lowest BCUT2D eigenvalue weighted by molar-refractivity contribution is 0.708. The van der Waals surface area contributed by atoms with Gasteiger partial charge in [-0.2, -0.15) is 0 Å². The lowest BCUT2D eigenvalue weighted by Gasteiger charge is -2.14. The maximum Gasteiger partial charge on any atom is 0.212 e. The SMILES string of the molecule is ClC(Cl)(Cl)C1=CCCCCC1. The lowest BCUT2D eigenvalue weighted by Crippen LogP contribution is -2.06. The minimum absolute atomic E-state index is 0.941. The highest BCUT2D eigenvalue weighted by atomic mass is 35.6. The van der Waals surface area contributed by atoms with Gasteiger partial charge >= 0.3 is 0 Å². The number of hydrogen-bond acceptors (Lipinski definition) is 0. The minimum Gasteiger partial charge on any atom is -0.0811 e. The van der Waals surface area contributed by atoms with Crippen LogP contribution < -0.4 is 0 Å². The molecule has 1 aliphatic rings. The first-order valence-electron chi connectivity index (χ1n) is 3.87. The standard InChI is InChI=1S/C8H11Cl3/c9-8(10,11)7-5-3-1-2-4-6-7/h5H,1-4,6H2. The predicted octanol–water partition coefficient (Wildman–Crippen LogP) is 4.25. The van der Waals surface area contributed by atoms with E-state index >= 15 is 0 Å². The van der Waals surface area contributed by atoms with E-state index in [1.54, 1.807) is 0 Å². The molecule has 0 bridgehead atoms. The quantitative estimate of drug-likeness (QED) is 0.417. The monoisotopic (exact) mass is 212 g/mol. The Bertz CT molecular complexity index is 155. The van der Waals surface area contributed by atoms with Crippen molar-refractivity contribution in [3.8, 4) is 0 Å². The van der Waals surface area contributed by atoms with E-state index in [0.717, 1.165) is 24.8 Å². The van der Waals surface area contributed by atoms with Gasteiger partial charge in [-0.3, -0.25) is 0 Å². The highest BCUT2D eigenvalue weighted by Gasteiger charge is 2.25. The maximum absolute atomic E-state index is 5.75. The Kier molecular flexibility index (Phi) is 3.54. The zero-order chi connectivity index (χ0) is 8.32. The van der Waals surface area contributed by atoms with Crippen LogP contribution >= 0.6 is 34.8 Å². The molecule has 1 aliphatic carbocycles. The van der Waals surface area contributed by atoms with E-state index in [1.807, 2.05) is 0 Å². The van der Waals surface area contributed by atoms with Gasteiger partial charge in [0.2, 0.25) is 3.79 Å². The summed E-state index contributed by atoms with van der Waals surface area (Å²) in [7, 11) is 0. The van der Waals surface area contributed by atoms with Crippen LogP contribution in [0, 0.1) is 0 Å². The molecule has 0 radical (unpaired) electrons. The largest absolute Gasteiger partial charge is 0.212 e. The topological polar surface area (TPSA) is 0 Å². The smallest absolute Gasteiger partial charge is 0.0811 e. The van der Waals surface area contributed by atoms with Crippen molar-refractivity contribution in [2.24, 2.45) is 0 Å². The first kappa shape index (κ1) is 9.70. The fourth-order valence-electron chi connectivity index (χ4n) is 1.27. The molecule has 0 aromatic carbocycles. The number of rotatable bonds is 0. The second-order valence-corrected chi connectivity index (χ2v) is 5.11. The molecule has 11 heavy (non-hydrogen) atoms. The number of halogens is 3. The molecule has 0 heterocycles. The maximum atomic E-state index is 5.75. The summed E-state index contributed by atoms with van der Waals surface area (Å²) in [6.07, 6.45) is 7.70. The van der Waals surface area contributed by atoms with Gasteiger partial charge in [0.1, 0.15) is 0 Å². The first-order valence-corrected chi connectivity index (χ1v) is 5.00. The van der Waals surface area contributed by atoms with Crippen LogP contribution in [-0.4, -0.2) is 3.79 Å². The molecule has 0 N–H and O–H groups in total. The van der Waals surface area contributed by atoms with Gasteiger partial charge in [0, 0.05) is 0 Å². The van der Waals surface area contributed by atoms with Crippen LogP contribution in [0.4, 0.5) is 0 Å². The molecular formula is C8H11Cl3. The molecule has 0 saturated heterocycles. The zero-order valence-electron chi connectivity index (χ0n) is 6.25. The highest BCUT2D eigenvalue weighted by molar-refractivity contribution is 6.69. The van der Waals surface area contributed by atoms with E-state index in [2.05, 4.69) is 6.08 Å². The van der Waals surface area contributed by atoms with E-state index in [9.17, 15) is 0 Å². The Morgan fingerprint density at radius 1 is 1.09 bits per heavy atom. The average Bonchev–Trinajstić information content (AvgIpc) is 2.10. The molecule has 64 valence electrons. The molecule has 0 spiro atoms. The predicted molar refractivity (Wildman–Crippen MR) is 51.5 cm³/mol. The van der Waals surface area contributed by atoms with Crippen LogP contribution in [0.15, 0.2) is 11.6 Å². The van der Waals surface area contributed by atoms with Crippen molar-refractivity contribution < 1.29 is 0 Å². The van der Waals surface area contributed by atoms with Crippen LogP contribution in [0.1, 0.15) is 32.1 Å². The first-order chi connectivity index (χ1) is 5.11. The van der Waals surface area contributed by atoms with Gasteiger partial charge in [0.05, 0.1) is 0 Å². The highest BCUT2D eigenvalue weighted by Crippen LogP contribution is 2.38. The van der Waals surface area contributed by atoms with Gasteiger partial charge in [0.15, 0.2) is 0 Å². The van der Waals surface area contributed by atoms with Crippen LogP contribution in [0.25, 0.3) is 0 Å². The Balaban J connectivity index is 2.61. The van der Waals surface area contributed by atoms with Crippen LogP contribution in [-0.2, 0) is 0 Å². The van der Waals surface area contributed by atoms with Gasteiger partial charge < -0.3 is 0 Å². The molecular weight excluding hydrogens is 202 g/mol. The molecule has 0 atom stereocenters. The molecule has 0 aliphatic heterocycles. The Labute approximate surface area is 82.5 Å². The summed E-state index contributed by atoms with van der Waals surface area (Å²) in [5.41, 5.74) is 0.972. The van der Waals surface area contributed by atoms with Gasteiger partial charge in [-0.15, -0.1) is 0 Å². The second kappa shape index (κ2) is 4.02. The molecule has 0 amide bonds. The van der Waals surface area contributed by atoms with Gasteiger partial charge in [-0.05, 0) is 31.3 Å². The van der Waals surface area contributed by atoms with Crippen LogP contribution in [0.3, 0.4) is 0 Å². The number of allylic oxidation sites excluding steroid dienone is 2. The summed E-state index contributed by atoms with van der Waals surface area (Å²) in [5, 5.41) is 0. The van der Waals surface area contributed by atoms with Crippen molar-refractivity contribution in [1.82, 2.24) is 0 Å². The zero-order valence-corrected chi connectivity index (χ0v) is 8.51. The molecule has 0 aromatic rings. The van der Waals surface area contributed by atoms with Crippen molar-refractivity contribution in [3.63, 3.8) is 0 Å². The van der Waals surface area contributed by atoms with E-state index in [1.165, 1.54) is 12.8 Å². The van der Waals surface area contributed by atoms with E-state index in [4.69, 9.17) is 34.8 Å². The molecule has 3 heteroatoms. The fraction of sp³-hybridized carbons (Fsp3) is 0.750. The second-order valence-electron chi connectivity index (χ2n) is 2.83. The molecule has 0 nitrogen and oxygen atoms in total. The summed E-state index contributed by atoms with van der Waals surface area (Å²) >= 11 is 17.2. The molecule has 0 aromatic heterocycles. The van der Waals surface area contributed by atoms with E-state index < -0.39 is 3.79 Å². The summed E-state index contributed by atoms with van der Waals surface area (Å²) in [6, 6.07) is 0. The van der Waals surface area contributed by atoms with Gasteiger partial charge in [-0.1, -0.05) is 47.3 Å². The van der Waals surface area contributed by atoms with E-state index in [-0.39, 0.29) is 0 Å². The molecule has 0 fully saturated rings. The minimum atomic E-state index is -1.16. The van der Waals surface area contributed by atoms with Gasteiger partial charge in [-0.25, -0.2) is 0 Å². The summed E-state index contributed by atoms with van der Waals surface area (Å²) in [6.45, 7) is 0. The molecule has 0 unspecified atom stereocenters. The lowest BCUT2D eigenvalue weighted by atomic mass is 10.1. The summed E-state index contributed by atoms with van der Waals surface area (Å²) in [5.74, 6) is 0. The third-order valence-corrected chi connectivity index (χ3v) is 2.63. The number of alkyl halides is 3. The normalized spacial score (nSPS) is 20.8. The Hall–Kier alpha value is 0.610. The van der Waals surface area contributed by atoms with Gasteiger partial charge in [0.25, 0.3) is 0 Å². The van der Waals surface area contributed by atoms with Crippen molar-refractivity contribution in [3.05, 3.63) is 11.6 Å². The van der Waals surface area contributed by atoms with Crippen molar-refractivity contribution in [1.29, 1.82) is 0 Å². The van der Waals surface area contributed by atoms with Crippen molar-refractivity contribution >= 4 is 34.8 Å². The molecule has 1 rings (SSSR count). The van der Waals surface area contributed by atoms with E-state index in [0.29, 0.717) is 0 Å². The molecule has 0 saturated carbocycles. The fourth-order valence-corrected chi connectivity index (χ4v) is 1.79. The number of hydrogen-bond donors (Lipinski definition) is 0. The van der Waals surface area contributed by atoms with Crippen molar-refractivity contribution in [2.45, 2.75) is 35.9 Å². The van der Waals surface area contributed by atoms with Crippen molar-refractivity contribution in [2.75, 3.05) is 0 Å². The summed E-state index contributed by atoms with van der Waals surface area (Å²) in [4.78, 5) is 0.